The third-order valence-corrected chi connectivity index (χ3v) is 2.72. The van der Waals surface area contributed by atoms with Gasteiger partial charge in [0, 0.05) is 5.92 Å². The number of rotatable bonds is 1. The van der Waals surface area contributed by atoms with E-state index in [9.17, 15) is 8.78 Å². The van der Waals surface area contributed by atoms with Gasteiger partial charge >= 0.3 is 0 Å². The van der Waals surface area contributed by atoms with Gasteiger partial charge in [0.25, 0.3) is 0 Å². The van der Waals surface area contributed by atoms with Gasteiger partial charge < -0.3 is 0 Å². The third-order valence-electron chi connectivity index (χ3n) is 2.72. The zero-order valence-corrected chi connectivity index (χ0v) is 7.34. The summed E-state index contributed by atoms with van der Waals surface area (Å²) in [6.07, 6.45) is 0.279. The van der Waals surface area contributed by atoms with Crippen molar-refractivity contribution >= 4 is 0 Å². The normalized spacial score (nSPS) is 21.6. The molecule has 0 heterocycles. The minimum Gasteiger partial charge on any atom is -0.210 e. The molecular formula is C11H12F2. The summed E-state index contributed by atoms with van der Waals surface area (Å²) in [7, 11) is 0. The Morgan fingerprint density at radius 1 is 1.23 bits per heavy atom. The molecule has 1 aromatic rings. The average molecular weight is 182 g/mol. The van der Waals surface area contributed by atoms with Crippen molar-refractivity contribution in [1.82, 2.24) is 0 Å². The second-order valence-corrected chi connectivity index (χ2v) is 3.53. The Balaban J connectivity index is 2.37. The summed E-state index contributed by atoms with van der Waals surface area (Å²) < 4.78 is 25.2. The molecule has 0 amide bonds. The van der Waals surface area contributed by atoms with Crippen LogP contribution in [0.1, 0.15) is 29.9 Å². The largest absolute Gasteiger partial charge is 0.245 e. The summed E-state index contributed by atoms with van der Waals surface area (Å²) in [6, 6.07) is 7.57. The van der Waals surface area contributed by atoms with Crippen molar-refractivity contribution in [2.75, 3.05) is 0 Å². The number of benzene rings is 1. The number of halogens is 2. The van der Waals surface area contributed by atoms with Crippen LogP contribution in [0.3, 0.4) is 0 Å². The number of hydrogen-bond acceptors (Lipinski definition) is 0. The first-order valence-corrected chi connectivity index (χ1v) is 4.65. The van der Waals surface area contributed by atoms with Gasteiger partial charge in [-0.1, -0.05) is 24.3 Å². The van der Waals surface area contributed by atoms with Gasteiger partial charge in [-0.05, 0) is 30.4 Å². The Hall–Kier alpha value is -0.920. The molecule has 0 fully saturated rings. The van der Waals surface area contributed by atoms with Crippen LogP contribution in [0.15, 0.2) is 24.3 Å². The summed E-state index contributed by atoms with van der Waals surface area (Å²) >= 11 is 0. The Kier molecular flexibility index (Phi) is 2.30. The molecule has 1 unspecified atom stereocenters. The molecule has 1 aromatic carbocycles. The first kappa shape index (κ1) is 8.67. The predicted octanol–water partition coefficient (Wildman–Crippen LogP) is 3.37. The lowest BCUT2D eigenvalue weighted by molar-refractivity contribution is 0.106. The van der Waals surface area contributed by atoms with Gasteiger partial charge in [-0.25, -0.2) is 8.78 Å². The van der Waals surface area contributed by atoms with Gasteiger partial charge in [0.2, 0.25) is 6.43 Å². The maximum Gasteiger partial charge on any atom is 0.245 e. The lowest BCUT2D eigenvalue weighted by atomic mass is 9.83. The lowest BCUT2D eigenvalue weighted by Crippen LogP contribution is -2.16. The van der Waals surface area contributed by atoms with Crippen LogP contribution >= 0.6 is 0 Å². The van der Waals surface area contributed by atoms with E-state index in [1.165, 1.54) is 0 Å². The molecule has 0 aromatic heterocycles. The molecule has 1 atom stereocenters. The minimum atomic E-state index is -2.21. The summed E-state index contributed by atoms with van der Waals surface area (Å²) in [5.74, 6) is -0.523. The number of hydrogen-bond donors (Lipinski definition) is 0. The van der Waals surface area contributed by atoms with E-state index in [1.54, 1.807) is 0 Å². The van der Waals surface area contributed by atoms with E-state index in [2.05, 4.69) is 0 Å². The average Bonchev–Trinajstić information content (AvgIpc) is 2.17. The molecule has 0 saturated heterocycles. The molecule has 2 heteroatoms. The molecule has 1 aliphatic rings. The second-order valence-electron chi connectivity index (χ2n) is 3.53. The van der Waals surface area contributed by atoms with Gasteiger partial charge in [0.05, 0.1) is 0 Å². The molecule has 0 N–H and O–H groups in total. The molecule has 0 saturated carbocycles. The van der Waals surface area contributed by atoms with E-state index in [0.29, 0.717) is 6.42 Å². The zero-order chi connectivity index (χ0) is 9.26. The van der Waals surface area contributed by atoms with E-state index < -0.39 is 12.3 Å². The quantitative estimate of drug-likeness (QED) is 0.624. The van der Waals surface area contributed by atoms with Gasteiger partial charge in [0.15, 0.2) is 0 Å². The van der Waals surface area contributed by atoms with Crippen molar-refractivity contribution < 1.29 is 8.78 Å². The van der Waals surface area contributed by atoms with Crippen molar-refractivity contribution in [3.05, 3.63) is 35.4 Å². The maximum absolute atomic E-state index is 12.6. The van der Waals surface area contributed by atoms with E-state index in [1.807, 2.05) is 24.3 Å². The molecule has 0 radical (unpaired) electrons. The molecule has 0 bridgehead atoms. The van der Waals surface area contributed by atoms with Crippen LogP contribution in [0.25, 0.3) is 0 Å². The Bertz CT molecular complexity index is 294. The third kappa shape index (κ3) is 1.58. The monoisotopic (exact) mass is 182 g/mol. The van der Waals surface area contributed by atoms with Crippen molar-refractivity contribution in [3.8, 4) is 0 Å². The highest BCUT2D eigenvalue weighted by Crippen LogP contribution is 2.35. The first-order chi connectivity index (χ1) is 6.29. The number of alkyl halides is 2. The van der Waals surface area contributed by atoms with E-state index in [0.717, 1.165) is 24.0 Å². The van der Waals surface area contributed by atoms with Crippen molar-refractivity contribution in [2.24, 2.45) is 0 Å². The van der Waals surface area contributed by atoms with E-state index in [-0.39, 0.29) is 0 Å². The highest BCUT2D eigenvalue weighted by molar-refractivity contribution is 5.32. The van der Waals surface area contributed by atoms with Crippen molar-refractivity contribution in [3.63, 3.8) is 0 Å². The summed E-state index contributed by atoms with van der Waals surface area (Å²) in [5.41, 5.74) is 1.97. The SMILES string of the molecule is FC(F)C1CCCc2ccccc21. The first-order valence-electron chi connectivity index (χ1n) is 4.65. The smallest absolute Gasteiger partial charge is 0.210 e. The number of fused-ring (bicyclic) bond motifs is 1. The summed E-state index contributed by atoms with van der Waals surface area (Å²) in [4.78, 5) is 0. The molecule has 70 valence electrons. The molecule has 2 rings (SSSR count). The zero-order valence-electron chi connectivity index (χ0n) is 7.34. The molecule has 0 spiro atoms. The molecular weight excluding hydrogens is 170 g/mol. The van der Waals surface area contributed by atoms with Crippen LogP contribution in [0.5, 0.6) is 0 Å². The Morgan fingerprint density at radius 2 is 2.00 bits per heavy atom. The van der Waals surface area contributed by atoms with Gasteiger partial charge in [-0.3, -0.25) is 0 Å². The van der Waals surface area contributed by atoms with E-state index in [4.69, 9.17) is 0 Å². The van der Waals surface area contributed by atoms with Gasteiger partial charge in [-0.15, -0.1) is 0 Å². The fourth-order valence-electron chi connectivity index (χ4n) is 2.05. The second kappa shape index (κ2) is 3.44. The summed E-state index contributed by atoms with van der Waals surface area (Å²) in [6.45, 7) is 0. The van der Waals surface area contributed by atoms with E-state index >= 15 is 0 Å². The highest BCUT2D eigenvalue weighted by atomic mass is 19.3. The molecule has 13 heavy (non-hydrogen) atoms. The van der Waals surface area contributed by atoms with Crippen LogP contribution < -0.4 is 0 Å². The van der Waals surface area contributed by atoms with Gasteiger partial charge in [-0.2, -0.15) is 0 Å². The van der Waals surface area contributed by atoms with Crippen LogP contribution in [0, 0.1) is 0 Å². The van der Waals surface area contributed by atoms with Gasteiger partial charge in [0.1, 0.15) is 0 Å². The molecule has 0 nitrogen and oxygen atoms in total. The Morgan fingerprint density at radius 3 is 2.77 bits per heavy atom. The van der Waals surface area contributed by atoms with Crippen LogP contribution in [0.4, 0.5) is 8.78 Å². The topological polar surface area (TPSA) is 0 Å². The highest BCUT2D eigenvalue weighted by Gasteiger charge is 2.26. The van der Waals surface area contributed by atoms with Crippen molar-refractivity contribution in [2.45, 2.75) is 31.6 Å². The van der Waals surface area contributed by atoms with Crippen LogP contribution in [-0.4, -0.2) is 6.43 Å². The molecule has 0 aliphatic heterocycles. The van der Waals surface area contributed by atoms with Crippen molar-refractivity contribution in [1.29, 1.82) is 0 Å². The maximum atomic E-state index is 12.6. The predicted molar refractivity (Wildman–Crippen MR) is 48.1 cm³/mol. The lowest BCUT2D eigenvalue weighted by Gasteiger charge is -2.24. The number of aryl methyl sites for hydroxylation is 1. The fraction of sp³-hybridized carbons (Fsp3) is 0.455. The Labute approximate surface area is 76.6 Å². The van der Waals surface area contributed by atoms with Crippen LogP contribution in [-0.2, 0) is 6.42 Å². The van der Waals surface area contributed by atoms with Crippen LogP contribution in [0.2, 0.25) is 0 Å². The fourth-order valence-corrected chi connectivity index (χ4v) is 2.05. The standard InChI is InChI=1S/C11H12F2/c12-11(13)10-7-3-5-8-4-1-2-6-9(8)10/h1-2,4,6,10-11H,3,5,7H2. The minimum absolute atomic E-state index is 0.523. The summed E-state index contributed by atoms with van der Waals surface area (Å²) in [5, 5.41) is 0. The molecule has 1 aliphatic carbocycles.